The van der Waals surface area contributed by atoms with Crippen molar-refractivity contribution in [2.75, 3.05) is 0 Å². The smallest absolute Gasteiger partial charge is 0.344 e. The van der Waals surface area contributed by atoms with Gasteiger partial charge in [-0.15, -0.1) is 0 Å². The number of hydrogen-bond donors (Lipinski definition) is 0. The van der Waals surface area contributed by atoms with Crippen molar-refractivity contribution in [1.82, 2.24) is 0 Å². The molecule has 0 atom stereocenters. The van der Waals surface area contributed by atoms with Crippen LogP contribution in [0.4, 0.5) is 0 Å². The molecule has 0 aliphatic rings. The minimum atomic E-state index is -0.683. The molecule has 0 saturated heterocycles. The summed E-state index contributed by atoms with van der Waals surface area (Å²) in [6.07, 6.45) is 0. The quantitative estimate of drug-likeness (QED) is 0.514. The molecule has 0 bridgehead atoms. The molecule has 3 aromatic rings. The second-order valence-corrected chi connectivity index (χ2v) is 5.73. The Morgan fingerprint density at radius 2 is 1.33 bits per heavy atom. The van der Waals surface area contributed by atoms with E-state index in [-0.39, 0.29) is 16.9 Å². The molecule has 5 nitrogen and oxygen atoms in total. The number of para-hydroxylation sites is 1. The summed E-state index contributed by atoms with van der Waals surface area (Å²) in [6.45, 7) is 1.83. The number of carbonyl (C=O) groups excluding carboxylic acids is 2. The first kappa shape index (κ1) is 17.9. The minimum absolute atomic E-state index is 0.0976. The van der Waals surface area contributed by atoms with E-state index in [1.165, 1.54) is 24.3 Å². The zero-order chi connectivity index (χ0) is 19.2. The molecular weight excluding hydrogens is 342 g/mol. The Morgan fingerprint density at radius 1 is 0.778 bits per heavy atom. The first-order chi connectivity index (χ1) is 13.1. The van der Waals surface area contributed by atoms with E-state index in [4.69, 9.17) is 14.7 Å². The van der Waals surface area contributed by atoms with Crippen LogP contribution in [0.15, 0.2) is 72.8 Å². The maximum atomic E-state index is 12.6. The predicted octanol–water partition coefficient (Wildman–Crippen LogP) is 4.31. The highest BCUT2D eigenvalue weighted by Gasteiger charge is 2.20. The SMILES string of the molecule is Cc1ccccc1OC(=O)c1ccccc1C(=O)Oc1ccc(C#N)cc1. The molecule has 27 heavy (non-hydrogen) atoms. The fourth-order valence-corrected chi connectivity index (χ4v) is 2.42. The third-order valence-electron chi connectivity index (χ3n) is 3.86. The lowest BCUT2D eigenvalue weighted by Crippen LogP contribution is -2.17. The molecule has 0 aliphatic heterocycles. The van der Waals surface area contributed by atoms with E-state index in [9.17, 15) is 9.59 Å². The molecule has 132 valence electrons. The Balaban J connectivity index is 1.82. The van der Waals surface area contributed by atoms with Crippen molar-refractivity contribution in [2.45, 2.75) is 6.92 Å². The van der Waals surface area contributed by atoms with Crippen LogP contribution in [0.3, 0.4) is 0 Å². The van der Waals surface area contributed by atoms with E-state index < -0.39 is 11.9 Å². The van der Waals surface area contributed by atoms with E-state index in [1.807, 2.05) is 25.1 Å². The van der Waals surface area contributed by atoms with Gasteiger partial charge in [-0.3, -0.25) is 0 Å². The summed E-state index contributed by atoms with van der Waals surface area (Å²) in [5, 5.41) is 8.82. The standard InChI is InChI=1S/C22H15NO4/c1-15-6-2-5-9-20(15)27-22(25)19-8-4-3-7-18(19)21(24)26-17-12-10-16(14-23)11-13-17/h2-13H,1H3. The lowest BCUT2D eigenvalue weighted by Gasteiger charge is -2.10. The molecule has 0 unspecified atom stereocenters. The normalized spacial score (nSPS) is 9.93. The highest BCUT2D eigenvalue weighted by molar-refractivity contribution is 6.04. The van der Waals surface area contributed by atoms with Gasteiger partial charge in [-0.25, -0.2) is 9.59 Å². The van der Waals surface area contributed by atoms with Crippen molar-refractivity contribution in [3.8, 4) is 17.6 Å². The van der Waals surface area contributed by atoms with E-state index >= 15 is 0 Å². The van der Waals surface area contributed by atoms with Gasteiger partial charge in [0.15, 0.2) is 0 Å². The number of aryl methyl sites for hydroxylation is 1. The molecule has 0 heterocycles. The molecule has 0 saturated carbocycles. The van der Waals surface area contributed by atoms with Crippen LogP contribution in [0.5, 0.6) is 11.5 Å². The highest BCUT2D eigenvalue weighted by Crippen LogP contribution is 2.20. The van der Waals surface area contributed by atoms with Crippen molar-refractivity contribution in [3.05, 3.63) is 95.1 Å². The van der Waals surface area contributed by atoms with Crippen LogP contribution in [-0.4, -0.2) is 11.9 Å². The van der Waals surface area contributed by atoms with Crippen molar-refractivity contribution < 1.29 is 19.1 Å². The fraction of sp³-hybridized carbons (Fsp3) is 0.0455. The van der Waals surface area contributed by atoms with Gasteiger partial charge in [-0.2, -0.15) is 5.26 Å². The summed E-state index contributed by atoms with van der Waals surface area (Å²) in [5.41, 5.74) is 1.47. The monoisotopic (exact) mass is 357 g/mol. The average molecular weight is 357 g/mol. The Kier molecular flexibility index (Phi) is 5.29. The number of hydrogen-bond acceptors (Lipinski definition) is 5. The molecule has 3 aromatic carbocycles. The number of carbonyl (C=O) groups is 2. The van der Waals surface area contributed by atoms with Crippen LogP contribution in [0.2, 0.25) is 0 Å². The number of ether oxygens (including phenoxy) is 2. The summed E-state index contributed by atoms with van der Waals surface area (Å²) in [6, 6.07) is 21.5. The largest absolute Gasteiger partial charge is 0.423 e. The number of nitrogens with zero attached hydrogens (tertiary/aromatic N) is 1. The van der Waals surface area contributed by atoms with Gasteiger partial charge >= 0.3 is 11.9 Å². The van der Waals surface area contributed by atoms with Gasteiger partial charge in [-0.1, -0.05) is 30.3 Å². The Morgan fingerprint density at radius 3 is 1.93 bits per heavy atom. The summed E-state index contributed by atoms with van der Waals surface area (Å²) >= 11 is 0. The Labute approximate surface area is 156 Å². The van der Waals surface area contributed by atoms with E-state index in [2.05, 4.69) is 0 Å². The summed E-state index contributed by atoms with van der Waals surface area (Å²) in [5.74, 6) is -0.618. The van der Waals surface area contributed by atoms with Crippen molar-refractivity contribution >= 4 is 11.9 Å². The van der Waals surface area contributed by atoms with Gasteiger partial charge in [0.25, 0.3) is 0 Å². The number of benzene rings is 3. The van der Waals surface area contributed by atoms with Gasteiger partial charge < -0.3 is 9.47 Å². The number of rotatable bonds is 4. The zero-order valence-corrected chi connectivity index (χ0v) is 14.5. The fourth-order valence-electron chi connectivity index (χ4n) is 2.42. The summed E-state index contributed by atoms with van der Waals surface area (Å²) in [4.78, 5) is 25.1. The maximum absolute atomic E-state index is 12.6. The van der Waals surface area contributed by atoms with Crippen LogP contribution >= 0.6 is 0 Å². The molecular formula is C22H15NO4. The third kappa shape index (κ3) is 4.20. The van der Waals surface area contributed by atoms with E-state index in [0.29, 0.717) is 11.3 Å². The molecule has 0 aliphatic carbocycles. The van der Waals surface area contributed by atoms with Gasteiger partial charge in [0.1, 0.15) is 11.5 Å². The Bertz CT molecular complexity index is 1030. The maximum Gasteiger partial charge on any atom is 0.344 e. The van der Waals surface area contributed by atoms with Crippen LogP contribution in [-0.2, 0) is 0 Å². The lowest BCUT2D eigenvalue weighted by atomic mass is 10.1. The van der Waals surface area contributed by atoms with Gasteiger partial charge in [-0.05, 0) is 55.0 Å². The first-order valence-electron chi connectivity index (χ1n) is 8.17. The summed E-state index contributed by atoms with van der Waals surface area (Å²) < 4.78 is 10.7. The van der Waals surface area contributed by atoms with Crippen molar-refractivity contribution in [3.63, 3.8) is 0 Å². The van der Waals surface area contributed by atoms with E-state index in [0.717, 1.165) is 5.56 Å². The van der Waals surface area contributed by atoms with Crippen LogP contribution in [0.1, 0.15) is 31.8 Å². The highest BCUT2D eigenvalue weighted by atomic mass is 16.5. The van der Waals surface area contributed by atoms with Gasteiger partial charge in [0, 0.05) is 0 Å². The van der Waals surface area contributed by atoms with Crippen molar-refractivity contribution in [2.24, 2.45) is 0 Å². The molecule has 0 radical (unpaired) electrons. The van der Waals surface area contributed by atoms with Crippen LogP contribution in [0.25, 0.3) is 0 Å². The van der Waals surface area contributed by atoms with Crippen LogP contribution in [0, 0.1) is 18.3 Å². The predicted molar refractivity (Wildman–Crippen MR) is 98.7 cm³/mol. The third-order valence-corrected chi connectivity index (χ3v) is 3.86. The molecule has 0 fully saturated rings. The Hall–Kier alpha value is -3.91. The van der Waals surface area contributed by atoms with Gasteiger partial charge in [0.05, 0.1) is 22.8 Å². The lowest BCUT2D eigenvalue weighted by molar-refractivity contribution is 0.0691. The number of esters is 2. The first-order valence-corrected chi connectivity index (χ1v) is 8.17. The molecule has 0 N–H and O–H groups in total. The number of nitriles is 1. The van der Waals surface area contributed by atoms with Crippen molar-refractivity contribution in [1.29, 1.82) is 5.26 Å². The molecule has 0 amide bonds. The van der Waals surface area contributed by atoms with Crippen LogP contribution < -0.4 is 9.47 Å². The second-order valence-electron chi connectivity index (χ2n) is 5.73. The molecule has 0 aromatic heterocycles. The van der Waals surface area contributed by atoms with E-state index in [1.54, 1.807) is 36.4 Å². The molecule has 5 heteroatoms. The second kappa shape index (κ2) is 7.98. The molecule has 0 spiro atoms. The topological polar surface area (TPSA) is 76.4 Å². The summed E-state index contributed by atoms with van der Waals surface area (Å²) in [7, 11) is 0. The molecule has 3 rings (SSSR count). The average Bonchev–Trinajstić information content (AvgIpc) is 2.70. The van der Waals surface area contributed by atoms with Gasteiger partial charge in [0.2, 0.25) is 0 Å². The zero-order valence-electron chi connectivity index (χ0n) is 14.5. The minimum Gasteiger partial charge on any atom is -0.423 e.